The predicted octanol–water partition coefficient (Wildman–Crippen LogP) is 3.74. The van der Waals surface area contributed by atoms with Gasteiger partial charge in [0.25, 0.3) is 0 Å². The fourth-order valence-electron chi connectivity index (χ4n) is 5.24. The molecular formula is C18H22O3. The number of hydrogen-bond acceptors (Lipinski definition) is 3. The summed E-state index contributed by atoms with van der Waals surface area (Å²) < 4.78 is 6.10. The van der Waals surface area contributed by atoms with Gasteiger partial charge in [-0.2, -0.15) is 0 Å². The van der Waals surface area contributed by atoms with Crippen LogP contribution >= 0.6 is 0 Å². The maximum atomic E-state index is 11.1. The van der Waals surface area contributed by atoms with E-state index in [1.54, 1.807) is 0 Å². The summed E-state index contributed by atoms with van der Waals surface area (Å²) in [6, 6.07) is 3.70. The van der Waals surface area contributed by atoms with Gasteiger partial charge < -0.3 is 9.84 Å². The summed E-state index contributed by atoms with van der Waals surface area (Å²) in [6.45, 7) is 5.51. The molecule has 1 spiro atoms. The van der Waals surface area contributed by atoms with Crippen LogP contribution in [0.15, 0.2) is 12.1 Å². The second kappa shape index (κ2) is 4.10. The minimum atomic E-state index is 0.0325. The highest BCUT2D eigenvalue weighted by Gasteiger charge is 2.58. The molecule has 0 unspecified atom stereocenters. The first kappa shape index (κ1) is 13.3. The van der Waals surface area contributed by atoms with E-state index in [4.69, 9.17) is 4.74 Å². The summed E-state index contributed by atoms with van der Waals surface area (Å²) in [4.78, 5) is 11.1. The molecule has 3 atom stereocenters. The van der Waals surface area contributed by atoms with Crippen molar-refractivity contribution in [3.05, 3.63) is 28.8 Å². The zero-order valence-electron chi connectivity index (χ0n) is 12.7. The number of phenolic OH excluding ortho intramolecular Hbond substituents is 1. The van der Waals surface area contributed by atoms with Gasteiger partial charge >= 0.3 is 0 Å². The average Bonchev–Trinajstić information content (AvgIpc) is 2.46. The third kappa shape index (κ3) is 1.61. The van der Waals surface area contributed by atoms with Crippen molar-refractivity contribution in [3.63, 3.8) is 0 Å². The molecule has 1 aromatic carbocycles. The van der Waals surface area contributed by atoms with Crippen LogP contribution in [-0.4, -0.2) is 18.0 Å². The molecule has 1 N–H and O–H groups in total. The third-order valence-electron chi connectivity index (χ3n) is 6.26. The van der Waals surface area contributed by atoms with E-state index in [1.807, 2.05) is 12.1 Å². The highest BCUT2D eigenvalue weighted by Crippen LogP contribution is 2.63. The van der Waals surface area contributed by atoms with E-state index in [1.165, 1.54) is 18.4 Å². The minimum absolute atomic E-state index is 0.0325. The Morgan fingerprint density at radius 3 is 2.90 bits per heavy atom. The molecule has 21 heavy (non-hydrogen) atoms. The van der Waals surface area contributed by atoms with Crippen molar-refractivity contribution in [3.8, 4) is 5.75 Å². The number of hydrogen-bond donors (Lipinski definition) is 1. The number of benzene rings is 1. The molecule has 2 aliphatic heterocycles. The van der Waals surface area contributed by atoms with Crippen LogP contribution in [0.25, 0.3) is 0 Å². The summed E-state index contributed by atoms with van der Waals surface area (Å²) in [5.41, 5.74) is 3.11. The first-order chi connectivity index (χ1) is 9.98. The van der Waals surface area contributed by atoms with Gasteiger partial charge in [-0.3, -0.25) is 4.79 Å². The van der Waals surface area contributed by atoms with E-state index in [9.17, 15) is 9.90 Å². The molecule has 112 valence electrons. The number of ether oxygens (including phenoxy) is 1. The highest BCUT2D eigenvalue weighted by atomic mass is 16.5. The quantitative estimate of drug-likeness (QED) is 0.800. The Kier molecular flexibility index (Phi) is 2.60. The van der Waals surface area contributed by atoms with Crippen molar-refractivity contribution in [2.75, 3.05) is 6.61 Å². The maximum absolute atomic E-state index is 11.1. The van der Waals surface area contributed by atoms with Crippen molar-refractivity contribution < 1.29 is 14.6 Å². The lowest BCUT2D eigenvalue weighted by atomic mass is 9.48. The van der Waals surface area contributed by atoms with Gasteiger partial charge in [-0.15, -0.1) is 0 Å². The van der Waals surface area contributed by atoms with E-state index in [0.717, 1.165) is 31.3 Å². The fourth-order valence-corrected chi connectivity index (χ4v) is 5.24. The lowest BCUT2D eigenvalue weighted by molar-refractivity contribution is -0.136. The van der Waals surface area contributed by atoms with Crippen molar-refractivity contribution >= 4 is 6.29 Å². The summed E-state index contributed by atoms with van der Waals surface area (Å²) in [5.74, 6) is 0.722. The van der Waals surface area contributed by atoms with Gasteiger partial charge in [0.05, 0.1) is 18.3 Å². The zero-order chi connectivity index (χ0) is 14.8. The Balaban J connectivity index is 1.93. The SMILES string of the molecule is CC1(C)CCC[C@]23CO[C@H](C[C@H]12)c1cc(C=O)c(O)cc13. The second-order valence-corrected chi connectivity index (χ2v) is 7.70. The summed E-state index contributed by atoms with van der Waals surface area (Å²) >= 11 is 0. The monoisotopic (exact) mass is 286 g/mol. The van der Waals surface area contributed by atoms with Crippen molar-refractivity contribution in [2.24, 2.45) is 11.3 Å². The van der Waals surface area contributed by atoms with Gasteiger partial charge in [0.15, 0.2) is 6.29 Å². The molecule has 0 aromatic heterocycles. The summed E-state index contributed by atoms with van der Waals surface area (Å²) in [5, 5.41) is 10.1. The largest absolute Gasteiger partial charge is 0.507 e. The molecule has 0 radical (unpaired) electrons. The van der Waals surface area contributed by atoms with Crippen molar-refractivity contribution in [1.29, 1.82) is 0 Å². The standard InChI is InChI=1S/C18H22O3/c1-17(2)4-3-5-18-10-21-15(8-16(17)18)12-6-11(9-19)14(20)7-13(12)18/h6-7,9,15-16,20H,3-5,8,10H2,1-2H3/t15-,16-,18-/m1/s1. The van der Waals surface area contributed by atoms with Gasteiger partial charge in [0.1, 0.15) is 5.75 Å². The Labute approximate surface area is 125 Å². The third-order valence-corrected chi connectivity index (χ3v) is 6.26. The highest BCUT2D eigenvalue weighted by molar-refractivity contribution is 5.80. The number of phenols is 1. The van der Waals surface area contributed by atoms with E-state index >= 15 is 0 Å². The van der Waals surface area contributed by atoms with E-state index < -0.39 is 0 Å². The second-order valence-electron chi connectivity index (χ2n) is 7.70. The number of rotatable bonds is 1. The minimum Gasteiger partial charge on any atom is -0.507 e. The molecule has 3 heteroatoms. The van der Waals surface area contributed by atoms with E-state index in [0.29, 0.717) is 16.9 Å². The van der Waals surface area contributed by atoms with Crippen LogP contribution in [0.4, 0.5) is 0 Å². The Hall–Kier alpha value is -1.35. The van der Waals surface area contributed by atoms with Gasteiger partial charge in [-0.1, -0.05) is 20.3 Å². The van der Waals surface area contributed by atoms with Crippen molar-refractivity contribution in [2.45, 2.75) is 51.0 Å². The molecule has 1 saturated carbocycles. The zero-order valence-corrected chi connectivity index (χ0v) is 12.7. The molecule has 0 amide bonds. The number of fused-ring (bicyclic) bond motifs is 1. The Bertz CT molecular complexity index is 619. The first-order valence-electron chi connectivity index (χ1n) is 7.92. The molecule has 3 nitrogen and oxygen atoms in total. The van der Waals surface area contributed by atoms with Crippen LogP contribution in [0.2, 0.25) is 0 Å². The van der Waals surface area contributed by atoms with Gasteiger partial charge in [0, 0.05) is 5.41 Å². The Morgan fingerprint density at radius 2 is 2.14 bits per heavy atom. The molecule has 5 rings (SSSR count). The molecule has 2 bridgehead atoms. The maximum Gasteiger partial charge on any atom is 0.153 e. The van der Waals surface area contributed by atoms with Crippen LogP contribution in [0.5, 0.6) is 5.75 Å². The van der Waals surface area contributed by atoms with Crippen LogP contribution in [-0.2, 0) is 10.2 Å². The van der Waals surface area contributed by atoms with E-state index in [-0.39, 0.29) is 17.3 Å². The van der Waals surface area contributed by atoms with Gasteiger partial charge in [-0.05, 0) is 53.9 Å². The van der Waals surface area contributed by atoms with Crippen molar-refractivity contribution in [1.82, 2.24) is 0 Å². The number of carbonyl (C=O) groups excluding carboxylic acids is 1. The molecule has 2 heterocycles. The van der Waals surface area contributed by atoms with Crippen LogP contribution in [0, 0.1) is 11.3 Å². The predicted molar refractivity (Wildman–Crippen MR) is 79.6 cm³/mol. The average molecular weight is 286 g/mol. The molecule has 1 aromatic rings. The first-order valence-corrected chi connectivity index (χ1v) is 7.92. The van der Waals surface area contributed by atoms with E-state index in [2.05, 4.69) is 13.8 Å². The topological polar surface area (TPSA) is 46.5 Å². The smallest absolute Gasteiger partial charge is 0.153 e. The van der Waals surface area contributed by atoms with Gasteiger partial charge in [0.2, 0.25) is 0 Å². The number of aromatic hydroxyl groups is 1. The number of carbonyl (C=O) groups is 1. The number of aldehydes is 1. The molecule has 1 saturated heterocycles. The van der Waals surface area contributed by atoms with Crippen LogP contribution < -0.4 is 0 Å². The molecule has 4 aliphatic rings. The van der Waals surface area contributed by atoms with Crippen LogP contribution in [0.3, 0.4) is 0 Å². The summed E-state index contributed by atoms with van der Waals surface area (Å²) in [7, 11) is 0. The molecular weight excluding hydrogens is 264 g/mol. The molecule has 2 aliphatic carbocycles. The fraction of sp³-hybridized carbons (Fsp3) is 0.611. The summed E-state index contributed by atoms with van der Waals surface area (Å²) in [6.07, 6.45) is 5.46. The molecule has 2 fully saturated rings. The van der Waals surface area contributed by atoms with Gasteiger partial charge in [-0.25, -0.2) is 0 Å². The van der Waals surface area contributed by atoms with Crippen LogP contribution in [0.1, 0.15) is 67.1 Å². The lowest BCUT2D eigenvalue weighted by Gasteiger charge is -2.60. The Morgan fingerprint density at radius 1 is 1.33 bits per heavy atom. The lowest BCUT2D eigenvalue weighted by Crippen LogP contribution is -2.56. The normalized spacial score (nSPS) is 35.9.